The van der Waals surface area contributed by atoms with Crippen molar-refractivity contribution in [1.29, 1.82) is 0 Å². The highest BCUT2D eigenvalue weighted by molar-refractivity contribution is 8.38. The average molecular weight is 260 g/mol. The van der Waals surface area contributed by atoms with Crippen molar-refractivity contribution in [1.82, 2.24) is 0 Å². The van der Waals surface area contributed by atoms with E-state index in [0.29, 0.717) is 24.5 Å². The van der Waals surface area contributed by atoms with E-state index in [2.05, 4.69) is 0 Å². The van der Waals surface area contributed by atoms with E-state index in [4.69, 9.17) is 10.8 Å². The molecule has 0 heterocycles. The van der Waals surface area contributed by atoms with Gasteiger partial charge < -0.3 is 10.8 Å². The Hall–Kier alpha value is 0.0900. The Morgan fingerprint density at radius 2 is 1.79 bits per heavy atom. The maximum Gasteiger partial charge on any atom is 0.303 e. The Bertz CT molecular complexity index is 180. The predicted octanol–water partition coefficient (Wildman–Crippen LogP) is 1.82. The topological polar surface area (TPSA) is 80.4 Å². The molecule has 0 radical (unpaired) electrons. The number of nitrogens with two attached hydrogens (primary N) is 1. The van der Waals surface area contributed by atoms with Gasteiger partial charge in [0.25, 0.3) is 0 Å². The quantitative estimate of drug-likeness (QED) is 0.709. The fourth-order valence-electron chi connectivity index (χ4n) is 0.563. The molecule has 0 aliphatic carbocycles. The van der Waals surface area contributed by atoms with Crippen molar-refractivity contribution in [2.45, 2.75) is 12.8 Å². The fraction of sp³-hybridized carbons (Fsp3) is 0.714. The summed E-state index contributed by atoms with van der Waals surface area (Å²) in [5.41, 5.74) is 5.21. The molecule has 0 unspecified atom stereocenters. The van der Waals surface area contributed by atoms with Gasteiger partial charge in [0.2, 0.25) is 4.45 Å². The second kappa shape index (κ2) is 11.2. The Morgan fingerprint density at radius 1 is 1.21 bits per heavy atom. The minimum Gasteiger partial charge on any atom is -0.481 e. The van der Waals surface area contributed by atoms with Crippen LogP contribution in [-0.4, -0.2) is 33.6 Å². The first-order valence-electron chi connectivity index (χ1n) is 3.88. The van der Waals surface area contributed by atoms with Gasteiger partial charge in [0.05, 0.1) is 0 Å². The lowest BCUT2D eigenvalue weighted by molar-refractivity contribution is -0.137. The largest absolute Gasteiger partial charge is 0.481 e. The lowest BCUT2D eigenvalue weighted by Crippen LogP contribution is -2.02. The molecule has 0 rings (SSSR count). The van der Waals surface area contributed by atoms with Crippen LogP contribution in [0.5, 0.6) is 0 Å². The Morgan fingerprint density at radius 3 is 2.29 bits per heavy atom. The van der Waals surface area contributed by atoms with Crippen LogP contribution < -0.4 is 5.73 Å². The smallest absolute Gasteiger partial charge is 0.303 e. The van der Waals surface area contributed by atoms with Gasteiger partial charge in [-0.05, 0) is 6.42 Å². The van der Waals surface area contributed by atoms with Crippen LogP contribution >= 0.6 is 35.9 Å². The normalized spacial score (nSPS) is 9.21. The van der Waals surface area contributed by atoms with Crippen LogP contribution in [0, 0.1) is 0 Å². The summed E-state index contributed by atoms with van der Waals surface area (Å²) in [4.78, 5) is 21.1. The van der Waals surface area contributed by atoms with Crippen molar-refractivity contribution < 1.29 is 14.7 Å². The van der Waals surface area contributed by atoms with Crippen LogP contribution in [0.25, 0.3) is 0 Å². The summed E-state index contributed by atoms with van der Waals surface area (Å²) in [6, 6.07) is 0. The number of hydrogen-bond acceptors (Lipinski definition) is 5. The standard InChI is InChI=1S/C7H13NO3S2.ClH/c8-3-5-13-7(11)12-4-1-2-6(9)10;/h1-5,8H2,(H,9,10);1H. The summed E-state index contributed by atoms with van der Waals surface area (Å²) in [6.07, 6.45) is 0.663. The predicted molar refractivity (Wildman–Crippen MR) is 63.5 cm³/mol. The molecule has 0 amide bonds. The van der Waals surface area contributed by atoms with E-state index in [-0.39, 0.29) is 23.3 Å². The van der Waals surface area contributed by atoms with E-state index < -0.39 is 5.97 Å². The molecule has 0 aromatic heterocycles. The number of carboxylic acid groups (broad SMARTS) is 1. The zero-order valence-electron chi connectivity index (χ0n) is 7.60. The van der Waals surface area contributed by atoms with Crippen molar-refractivity contribution in [2.24, 2.45) is 5.73 Å². The molecule has 14 heavy (non-hydrogen) atoms. The van der Waals surface area contributed by atoms with E-state index >= 15 is 0 Å². The average Bonchev–Trinajstić information content (AvgIpc) is 2.08. The van der Waals surface area contributed by atoms with Crippen molar-refractivity contribution >= 4 is 46.3 Å². The summed E-state index contributed by atoms with van der Waals surface area (Å²) in [6.45, 7) is 0.492. The van der Waals surface area contributed by atoms with E-state index in [1.54, 1.807) is 0 Å². The number of carboxylic acids is 1. The number of hydrogen-bond donors (Lipinski definition) is 2. The monoisotopic (exact) mass is 259 g/mol. The zero-order valence-corrected chi connectivity index (χ0v) is 10.1. The zero-order chi connectivity index (χ0) is 10.1. The molecule has 0 atom stereocenters. The van der Waals surface area contributed by atoms with Gasteiger partial charge in [0.1, 0.15) is 0 Å². The summed E-state index contributed by atoms with van der Waals surface area (Å²) in [5, 5.41) is 8.30. The van der Waals surface area contributed by atoms with Crippen LogP contribution in [0.3, 0.4) is 0 Å². The van der Waals surface area contributed by atoms with E-state index in [9.17, 15) is 9.59 Å². The third-order valence-corrected chi connectivity index (χ3v) is 3.20. The van der Waals surface area contributed by atoms with Gasteiger partial charge in [0.15, 0.2) is 0 Å². The maximum atomic E-state index is 11.0. The number of halogens is 1. The highest BCUT2D eigenvalue weighted by Gasteiger charge is 2.03. The number of carbonyl (C=O) groups excluding carboxylic acids is 1. The first kappa shape index (κ1) is 16.5. The van der Waals surface area contributed by atoms with Crippen molar-refractivity contribution in [3.8, 4) is 0 Å². The highest BCUT2D eigenvalue weighted by Crippen LogP contribution is 2.17. The maximum absolute atomic E-state index is 11.0. The Labute approximate surface area is 97.8 Å². The van der Waals surface area contributed by atoms with Crippen LogP contribution in [0.15, 0.2) is 0 Å². The molecule has 0 aliphatic heterocycles. The minimum atomic E-state index is -0.817. The molecule has 84 valence electrons. The molecule has 3 N–H and O–H groups in total. The third kappa shape index (κ3) is 12.1. The van der Waals surface area contributed by atoms with Gasteiger partial charge in [0, 0.05) is 24.5 Å². The third-order valence-electron chi connectivity index (χ3n) is 1.09. The second-order valence-electron chi connectivity index (χ2n) is 2.23. The first-order chi connectivity index (χ1) is 6.16. The van der Waals surface area contributed by atoms with Gasteiger partial charge in [-0.1, -0.05) is 23.5 Å². The number of thioether (sulfide) groups is 2. The first-order valence-corrected chi connectivity index (χ1v) is 5.85. The molecular formula is C7H14ClNO3S2. The SMILES string of the molecule is Cl.NCCSC(=O)SCCCC(=O)O. The number of rotatable bonds is 6. The highest BCUT2D eigenvalue weighted by atomic mass is 35.5. The molecule has 0 aromatic carbocycles. The van der Waals surface area contributed by atoms with Crippen molar-refractivity contribution in [3.63, 3.8) is 0 Å². The molecule has 4 nitrogen and oxygen atoms in total. The molecule has 0 aromatic rings. The van der Waals surface area contributed by atoms with Crippen LogP contribution in [0.1, 0.15) is 12.8 Å². The van der Waals surface area contributed by atoms with Crippen LogP contribution in [0.4, 0.5) is 4.79 Å². The van der Waals surface area contributed by atoms with Gasteiger partial charge in [-0.25, -0.2) is 0 Å². The van der Waals surface area contributed by atoms with Crippen molar-refractivity contribution in [3.05, 3.63) is 0 Å². The van der Waals surface area contributed by atoms with Crippen LogP contribution in [0.2, 0.25) is 0 Å². The molecule has 0 saturated heterocycles. The van der Waals surface area contributed by atoms with Gasteiger partial charge in [-0.15, -0.1) is 12.4 Å². The molecule has 0 saturated carbocycles. The molecule has 0 fully saturated rings. The lowest BCUT2D eigenvalue weighted by atomic mass is 10.3. The van der Waals surface area contributed by atoms with Crippen LogP contribution in [-0.2, 0) is 4.79 Å². The van der Waals surface area contributed by atoms with Crippen molar-refractivity contribution in [2.75, 3.05) is 18.1 Å². The number of carbonyl (C=O) groups is 2. The summed E-state index contributed by atoms with van der Waals surface area (Å²) in [7, 11) is 0. The Balaban J connectivity index is 0. The van der Waals surface area contributed by atoms with E-state index in [1.165, 1.54) is 11.8 Å². The summed E-state index contributed by atoms with van der Waals surface area (Å²) >= 11 is 2.35. The molecule has 7 heteroatoms. The molecule has 0 bridgehead atoms. The van der Waals surface area contributed by atoms with Gasteiger partial charge in [-0.3, -0.25) is 9.59 Å². The Kier molecular flexibility index (Phi) is 13.2. The lowest BCUT2D eigenvalue weighted by Gasteiger charge is -1.97. The van der Waals surface area contributed by atoms with Gasteiger partial charge in [-0.2, -0.15) is 0 Å². The molecule has 0 spiro atoms. The minimum absolute atomic E-state index is 0. The van der Waals surface area contributed by atoms with E-state index in [1.807, 2.05) is 0 Å². The second-order valence-corrected chi connectivity index (χ2v) is 4.63. The fourth-order valence-corrected chi connectivity index (χ4v) is 2.14. The van der Waals surface area contributed by atoms with E-state index in [0.717, 1.165) is 11.8 Å². The molecule has 0 aliphatic rings. The number of aliphatic carboxylic acids is 1. The summed E-state index contributed by atoms with van der Waals surface area (Å²) in [5.74, 6) is 0.385. The molecular weight excluding hydrogens is 246 g/mol. The summed E-state index contributed by atoms with van der Waals surface area (Å²) < 4.78 is 0.0239. The van der Waals surface area contributed by atoms with Gasteiger partial charge >= 0.3 is 5.97 Å².